The Hall–Kier alpha value is -2.31. The first kappa shape index (κ1) is 17.1. The molecule has 0 radical (unpaired) electrons. The van der Waals surface area contributed by atoms with Crippen molar-refractivity contribution < 1.29 is 8.81 Å². The van der Waals surface area contributed by atoms with Gasteiger partial charge in [-0.1, -0.05) is 42.5 Å². The Morgan fingerprint density at radius 3 is 2.50 bits per heavy atom. The fourth-order valence-electron chi connectivity index (χ4n) is 3.01. The van der Waals surface area contributed by atoms with Gasteiger partial charge in [-0.25, -0.2) is 9.07 Å². The Kier molecular flexibility index (Phi) is 4.95. The number of hydrogen-bond donors (Lipinski definition) is 0. The van der Waals surface area contributed by atoms with Crippen LogP contribution in [0.4, 0.5) is 4.39 Å². The molecular weight excluding hydrogens is 349 g/mol. The molecule has 0 bridgehead atoms. The number of halogens is 1. The Morgan fingerprint density at radius 1 is 1.08 bits per heavy atom. The fraction of sp³-hybridized carbons (Fsp3) is 0.300. The van der Waals surface area contributed by atoms with E-state index in [1.54, 1.807) is 4.68 Å². The monoisotopic (exact) mass is 369 g/mol. The molecule has 134 valence electrons. The second-order valence-corrected chi connectivity index (χ2v) is 7.02. The lowest BCUT2D eigenvalue weighted by Gasteiger charge is -2.21. The minimum absolute atomic E-state index is 0.212. The lowest BCUT2D eigenvalue weighted by Crippen LogP contribution is -2.29. The molecule has 4 rings (SSSR count). The van der Waals surface area contributed by atoms with Gasteiger partial charge in [0.05, 0.1) is 13.1 Å². The molecule has 0 saturated heterocycles. The van der Waals surface area contributed by atoms with Crippen LogP contribution in [0.15, 0.2) is 59.0 Å². The minimum Gasteiger partial charge on any atom is -0.414 e. The van der Waals surface area contributed by atoms with Gasteiger partial charge in [-0.05, 0) is 48.3 Å². The molecule has 4 nitrogen and oxygen atoms in total. The molecule has 1 fully saturated rings. The molecule has 2 aromatic carbocycles. The van der Waals surface area contributed by atoms with Crippen LogP contribution in [0.25, 0.3) is 0 Å². The van der Waals surface area contributed by atoms with Crippen LogP contribution in [0.1, 0.15) is 29.9 Å². The highest BCUT2D eigenvalue weighted by atomic mass is 32.1. The van der Waals surface area contributed by atoms with Crippen molar-refractivity contribution in [1.82, 2.24) is 14.7 Å². The third-order valence-corrected chi connectivity index (χ3v) is 4.82. The first-order chi connectivity index (χ1) is 12.7. The molecule has 0 N–H and O–H groups in total. The van der Waals surface area contributed by atoms with Crippen molar-refractivity contribution in [3.05, 3.63) is 82.3 Å². The van der Waals surface area contributed by atoms with E-state index in [-0.39, 0.29) is 5.82 Å². The Balaban J connectivity index is 1.47. The van der Waals surface area contributed by atoms with Gasteiger partial charge < -0.3 is 4.42 Å². The third kappa shape index (κ3) is 4.26. The van der Waals surface area contributed by atoms with Gasteiger partial charge >= 0.3 is 0 Å². The SMILES string of the molecule is Fc1ccc(CN(Cn2nc(Cc3ccccc3)oc2=S)C2CC2)cc1. The highest BCUT2D eigenvalue weighted by Gasteiger charge is 2.29. The molecule has 0 unspecified atom stereocenters. The van der Waals surface area contributed by atoms with E-state index >= 15 is 0 Å². The predicted octanol–water partition coefficient (Wildman–Crippen LogP) is 4.56. The van der Waals surface area contributed by atoms with E-state index in [4.69, 9.17) is 16.6 Å². The Labute approximate surface area is 156 Å². The molecule has 26 heavy (non-hydrogen) atoms. The molecule has 0 atom stereocenters. The van der Waals surface area contributed by atoms with Gasteiger partial charge in [-0.15, -0.1) is 5.10 Å². The van der Waals surface area contributed by atoms with Crippen LogP contribution < -0.4 is 0 Å². The standard InChI is InChI=1S/C20H20FN3OS/c21-17-8-6-16(7-9-17)13-23(18-10-11-18)14-24-20(26)25-19(22-24)12-15-4-2-1-3-5-15/h1-9,18H,10-14H2. The summed E-state index contributed by atoms with van der Waals surface area (Å²) in [7, 11) is 0. The molecule has 1 aromatic heterocycles. The summed E-state index contributed by atoms with van der Waals surface area (Å²) in [6.45, 7) is 1.33. The van der Waals surface area contributed by atoms with E-state index < -0.39 is 0 Å². The maximum atomic E-state index is 13.1. The van der Waals surface area contributed by atoms with Crippen molar-refractivity contribution >= 4 is 12.2 Å². The van der Waals surface area contributed by atoms with Crippen LogP contribution in [0.3, 0.4) is 0 Å². The minimum atomic E-state index is -0.212. The summed E-state index contributed by atoms with van der Waals surface area (Å²) >= 11 is 5.35. The molecular formula is C20H20FN3OS. The average Bonchev–Trinajstić information content (AvgIpc) is 3.43. The lowest BCUT2D eigenvalue weighted by atomic mass is 10.2. The second kappa shape index (κ2) is 7.51. The first-order valence-corrected chi connectivity index (χ1v) is 9.17. The number of nitrogens with zero attached hydrogens (tertiary/aromatic N) is 3. The smallest absolute Gasteiger partial charge is 0.288 e. The normalized spacial score (nSPS) is 14.1. The van der Waals surface area contributed by atoms with Crippen molar-refractivity contribution in [3.63, 3.8) is 0 Å². The van der Waals surface area contributed by atoms with Crippen LogP contribution in [0.5, 0.6) is 0 Å². The van der Waals surface area contributed by atoms with Gasteiger partial charge in [-0.3, -0.25) is 4.90 Å². The van der Waals surface area contributed by atoms with Crippen LogP contribution in [0.2, 0.25) is 0 Å². The van der Waals surface area contributed by atoms with E-state index in [0.29, 0.717) is 29.9 Å². The van der Waals surface area contributed by atoms with E-state index in [1.807, 2.05) is 42.5 Å². The van der Waals surface area contributed by atoms with Crippen LogP contribution in [0, 0.1) is 10.7 Å². The second-order valence-electron chi connectivity index (χ2n) is 6.67. The molecule has 0 spiro atoms. The maximum Gasteiger partial charge on any atom is 0.288 e. The zero-order valence-electron chi connectivity index (χ0n) is 14.3. The van der Waals surface area contributed by atoms with Crippen molar-refractivity contribution in [3.8, 4) is 0 Å². The van der Waals surface area contributed by atoms with Crippen molar-refractivity contribution in [2.75, 3.05) is 0 Å². The van der Waals surface area contributed by atoms with E-state index in [2.05, 4.69) is 10.00 Å². The fourth-order valence-corrected chi connectivity index (χ4v) is 3.21. The predicted molar refractivity (Wildman–Crippen MR) is 99.5 cm³/mol. The quantitative estimate of drug-likeness (QED) is 0.572. The molecule has 0 aliphatic heterocycles. The topological polar surface area (TPSA) is 34.2 Å². The molecule has 6 heteroatoms. The molecule has 1 aliphatic carbocycles. The van der Waals surface area contributed by atoms with Crippen LogP contribution in [-0.4, -0.2) is 20.7 Å². The highest BCUT2D eigenvalue weighted by Crippen LogP contribution is 2.29. The number of hydrogen-bond acceptors (Lipinski definition) is 4. The largest absolute Gasteiger partial charge is 0.414 e. The molecule has 1 aliphatic rings. The summed E-state index contributed by atoms with van der Waals surface area (Å²) in [4.78, 5) is 2.71. The van der Waals surface area contributed by atoms with Crippen LogP contribution >= 0.6 is 12.2 Å². The number of aromatic nitrogens is 2. The van der Waals surface area contributed by atoms with Gasteiger partial charge in [0.15, 0.2) is 0 Å². The summed E-state index contributed by atoms with van der Waals surface area (Å²) in [5.41, 5.74) is 2.22. The molecule has 1 heterocycles. The van der Waals surface area contributed by atoms with E-state index in [0.717, 1.165) is 17.7 Å². The molecule has 1 saturated carbocycles. The maximum absolute atomic E-state index is 13.1. The van der Waals surface area contributed by atoms with Crippen molar-refractivity contribution in [2.45, 2.75) is 38.5 Å². The van der Waals surface area contributed by atoms with Gasteiger partial charge in [-0.2, -0.15) is 0 Å². The zero-order valence-corrected chi connectivity index (χ0v) is 15.2. The van der Waals surface area contributed by atoms with Crippen molar-refractivity contribution in [1.29, 1.82) is 0 Å². The first-order valence-electron chi connectivity index (χ1n) is 8.76. The summed E-state index contributed by atoms with van der Waals surface area (Å²) in [5.74, 6) is 0.412. The zero-order chi connectivity index (χ0) is 17.9. The van der Waals surface area contributed by atoms with E-state index in [1.165, 1.54) is 25.0 Å². The number of rotatable bonds is 7. The summed E-state index contributed by atoms with van der Waals surface area (Å²) < 4.78 is 20.5. The summed E-state index contributed by atoms with van der Waals surface area (Å²) in [5, 5.41) is 4.55. The van der Waals surface area contributed by atoms with Crippen molar-refractivity contribution in [2.24, 2.45) is 0 Å². The molecule has 3 aromatic rings. The van der Waals surface area contributed by atoms with Gasteiger partial charge in [0.25, 0.3) is 4.84 Å². The van der Waals surface area contributed by atoms with E-state index in [9.17, 15) is 4.39 Å². The molecule has 0 amide bonds. The Bertz CT molecular complexity index is 916. The van der Waals surface area contributed by atoms with Crippen LogP contribution in [-0.2, 0) is 19.6 Å². The summed E-state index contributed by atoms with van der Waals surface area (Å²) in [6.07, 6.45) is 2.96. The average molecular weight is 369 g/mol. The van der Waals surface area contributed by atoms with Gasteiger partial charge in [0, 0.05) is 12.6 Å². The highest BCUT2D eigenvalue weighted by molar-refractivity contribution is 7.71. The Morgan fingerprint density at radius 2 is 1.81 bits per heavy atom. The number of benzene rings is 2. The van der Waals surface area contributed by atoms with Gasteiger partial charge in [0.1, 0.15) is 5.82 Å². The van der Waals surface area contributed by atoms with Gasteiger partial charge in [0.2, 0.25) is 5.89 Å². The third-order valence-electron chi connectivity index (χ3n) is 4.52. The summed E-state index contributed by atoms with van der Waals surface area (Å²) in [6, 6.07) is 17.3. The lowest BCUT2D eigenvalue weighted by molar-refractivity contribution is 0.184.